The van der Waals surface area contributed by atoms with Crippen LogP contribution in [0.2, 0.25) is 15.1 Å². The molecule has 0 radical (unpaired) electrons. The van der Waals surface area contributed by atoms with Gasteiger partial charge < -0.3 is 5.32 Å². The topological polar surface area (TPSA) is 66.5 Å². The van der Waals surface area contributed by atoms with Gasteiger partial charge in [-0.25, -0.2) is 12.8 Å². The van der Waals surface area contributed by atoms with Crippen LogP contribution in [0, 0.1) is 5.82 Å². The molecule has 0 spiro atoms. The fourth-order valence-corrected chi connectivity index (χ4v) is 4.94. The van der Waals surface area contributed by atoms with Crippen molar-refractivity contribution < 1.29 is 17.6 Å². The van der Waals surface area contributed by atoms with E-state index in [0.29, 0.717) is 21.2 Å². The van der Waals surface area contributed by atoms with Gasteiger partial charge in [-0.3, -0.25) is 4.79 Å². The van der Waals surface area contributed by atoms with E-state index in [-0.39, 0.29) is 22.3 Å². The highest BCUT2D eigenvalue weighted by atomic mass is 35.5. The lowest BCUT2D eigenvalue weighted by Gasteiger charge is -2.23. The summed E-state index contributed by atoms with van der Waals surface area (Å²) in [6.45, 7) is 1.17. The number of hydrogen-bond donors (Lipinski definition) is 1. The molecule has 0 aromatic heterocycles. The Morgan fingerprint density at radius 1 is 0.970 bits per heavy atom. The molecule has 3 aromatic carbocycles. The summed E-state index contributed by atoms with van der Waals surface area (Å²) in [5.41, 5.74) is 1.24. The maximum atomic E-state index is 13.3. The number of hydrogen-bond acceptors (Lipinski definition) is 3. The molecule has 0 heterocycles. The highest BCUT2D eigenvalue weighted by molar-refractivity contribution is 7.89. The molecule has 33 heavy (non-hydrogen) atoms. The average molecular weight is 530 g/mol. The third-order valence-electron chi connectivity index (χ3n) is 4.86. The van der Waals surface area contributed by atoms with Gasteiger partial charge in [-0.15, -0.1) is 0 Å². The number of carbonyl (C=O) groups is 1. The summed E-state index contributed by atoms with van der Waals surface area (Å²) in [6, 6.07) is 15.6. The van der Waals surface area contributed by atoms with Crippen LogP contribution in [0.3, 0.4) is 0 Å². The Labute approximate surface area is 207 Å². The second kappa shape index (κ2) is 10.8. The fourth-order valence-electron chi connectivity index (χ4n) is 3.11. The van der Waals surface area contributed by atoms with Crippen molar-refractivity contribution in [1.82, 2.24) is 9.62 Å². The molecular formula is C23H20Cl3FN2O3S. The van der Waals surface area contributed by atoms with Gasteiger partial charge in [0, 0.05) is 11.6 Å². The highest BCUT2D eigenvalue weighted by Gasteiger charge is 2.27. The monoisotopic (exact) mass is 528 g/mol. The van der Waals surface area contributed by atoms with Crippen molar-refractivity contribution in [2.75, 3.05) is 6.54 Å². The van der Waals surface area contributed by atoms with Crippen molar-refractivity contribution in [3.8, 4) is 0 Å². The number of nitrogens with zero attached hydrogens (tertiary/aromatic N) is 1. The summed E-state index contributed by atoms with van der Waals surface area (Å²) in [7, 11) is -4.05. The molecule has 0 aliphatic heterocycles. The first-order valence-corrected chi connectivity index (χ1v) is 12.4. The zero-order chi connectivity index (χ0) is 24.2. The zero-order valence-electron chi connectivity index (χ0n) is 17.4. The number of benzene rings is 3. The van der Waals surface area contributed by atoms with Gasteiger partial charge in [0.1, 0.15) is 5.82 Å². The van der Waals surface area contributed by atoms with Crippen molar-refractivity contribution in [2.24, 2.45) is 0 Å². The number of rotatable bonds is 8. The normalized spacial score (nSPS) is 12.5. The first-order chi connectivity index (χ1) is 15.6. The van der Waals surface area contributed by atoms with Crippen molar-refractivity contribution in [2.45, 2.75) is 24.4 Å². The molecule has 3 aromatic rings. The molecule has 0 bridgehead atoms. The maximum absolute atomic E-state index is 13.3. The molecule has 3 rings (SSSR count). The molecule has 0 aliphatic rings. The molecule has 0 saturated carbocycles. The summed E-state index contributed by atoms with van der Waals surface area (Å²) in [5, 5.41) is 3.74. The van der Waals surface area contributed by atoms with Gasteiger partial charge in [0.25, 0.3) is 0 Å². The molecule has 0 fully saturated rings. The predicted octanol–water partition coefficient (Wildman–Crippen LogP) is 5.85. The van der Waals surface area contributed by atoms with Gasteiger partial charge in [-0.2, -0.15) is 4.31 Å². The standard InChI is InChI=1S/C23H20Cl3FN2O3S/c1-15(17-3-7-19(27)8-4-17)28-23(30)14-29(13-16-2-11-21(25)22(26)12-16)33(31,32)20-9-5-18(24)6-10-20/h2-12,15H,13-14H2,1H3,(H,28,30)/t15-/m0/s1. The summed E-state index contributed by atoms with van der Waals surface area (Å²) in [5.74, 6) is -0.913. The minimum atomic E-state index is -4.05. The Hall–Kier alpha value is -2.16. The van der Waals surface area contributed by atoms with Crippen molar-refractivity contribution in [3.05, 3.63) is 98.7 Å². The summed E-state index contributed by atoms with van der Waals surface area (Å²) in [6.07, 6.45) is 0. The van der Waals surface area contributed by atoms with Crippen LogP contribution < -0.4 is 5.32 Å². The number of amides is 1. The van der Waals surface area contributed by atoms with Crippen molar-refractivity contribution in [3.63, 3.8) is 0 Å². The molecule has 10 heteroatoms. The first-order valence-electron chi connectivity index (χ1n) is 9.81. The van der Waals surface area contributed by atoms with E-state index in [1.165, 1.54) is 36.4 Å². The molecule has 1 amide bonds. The lowest BCUT2D eigenvalue weighted by atomic mass is 10.1. The van der Waals surface area contributed by atoms with Crippen molar-refractivity contribution >= 4 is 50.7 Å². The summed E-state index contributed by atoms with van der Waals surface area (Å²) < 4.78 is 40.9. The van der Waals surface area contributed by atoms with Gasteiger partial charge in [0.15, 0.2) is 0 Å². The van der Waals surface area contributed by atoms with E-state index in [9.17, 15) is 17.6 Å². The lowest BCUT2D eigenvalue weighted by molar-refractivity contribution is -0.122. The summed E-state index contributed by atoms with van der Waals surface area (Å²) >= 11 is 17.9. The number of nitrogens with one attached hydrogen (secondary N) is 1. The van der Waals surface area contributed by atoms with Crippen LogP contribution in [0.1, 0.15) is 24.1 Å². The van der Waals surface area contributed by atoms with E-state index in [0.717, 1.165) is 4.31 Å². The lowest BCUT2D eigenvalue weighted by Crippen LogP contribution is -2.41. The molecule has 0 aliphatic carbocycles. The van der Waals surface area contributed by atoms with Crippen LogP contribution in [0.15, 0.2) is 71.6 Å². The minimum Gasteiger partial charge on any atom is -0.348 e. The molecular weight excluding hydrogens is 510 g/mol. The second-order valence-electron chi connectivity index (χ2n) is 7.32. The van der Waals surface area contributed by atoms with E-state index in [1.807, 2.05) is 0 Å². The Balaban J connectivity index is 1.85. The Bertz CT molecular complexity index is 1240. The molecule has 0 unspecified atom stereocenters. The van der Waals surface area contributed by atoms with E-state index in [4.69, 9.17) is 34.8 Å². The van der Waals surface area contributed by atoms with Crippen LogP contribution in [-0.2, 0) is 21.4 Å². The van der Waals surface area contributed by atoms with Gasteiger partial charge in [-0.1, -0.05) is 53.0 Å². The zero-order valence-corrected chi connectivity index (χ0v) is 20.5. The van der Waals surface area contributed by atoms with Crippen LogP contribution in [0.4, 0.5) is 4.39 Å². The van der Waals surface area contributed by atoms with Crippen LogP contribution in [0.25, 0.3) is 0 Å². The first kappa shape index (κ1) is 25.5. The number of sulfonamides is 1. The third-order valence-corrected chi connectivity index (χ3v) is 7.66. The highest BCUT2D eigenvalue weighted by Crippen LogP contribution is 2.25. The van der Waals surface area contributed by atoms with Gasteiger partial charge in [0.05, 0.1) is 27.5 Å². The molecule has 174 valence electrons. The van der Waals surface area contributed by atoms with E-state index in [2.05, 4.69) is 5.32 Å². The number of carbonyl (C=O) groups excluding carboxylic acids is 1. The fraction of sp³-hybridized carbons (Fsp3) is 0.174. The van der Waals surface area contributed by atoms with E-state index >= 15 is 0 Å². The van der Waals surface area contributed by atoms with Crippen molar-refractivity contribution in [1.29, 1.82) is 0 Å². The molecule has 0 saturated heterocycles. The van der Waals surface area contributed by atoms with Crippen LogP contribution >= 0.6 is 34.8 Å². The molecule has 1 N–H and O–H groups in total. The summed E-state index contributed by atoms with van der Waals surface area (Å²) in [4.78, 5) is 12.8. The quantitative estimate of drug-likeness (QED) is 0.398. The Morgan fingerprint density at radius 2 is 1.61 bits per heavy atom. The smallest absolute Gasteiger partial charge is 0.243 e. The largest absolute Gasteiger partial charge is 0.348 e. The Kier molecular flexibility index (Phi) is 8.37. The predicted molar refractivity (Wildman–Crippen MR) is 128 cm³/mol. The van der Waals surface area contributed by atoms with Gasteiger partial charge >= 0.3 is 0 Å². The van der Waals surface area contributed by atoms with Gasteiger partial charge in [-0.05, 0) is 66.6 Å². The maximum Gasteiger partial charge on any atom is 0.243 e. The van der Waals surface area contributed by atoms with Crippen LogP contribution in [-0.4, -0.2) is 25.2 Å². The van der Waals surface area contributed by atoms with E-state index in [1.54, 1.807) is 37.3 Å². The van der Waals surface area contributed by atoms with Crippen LogP contribution in [0.5, 0.6) is 0 Å². The SMILES string of the molecule is C[C@H](NC(=O)CN(Cc1ccc(Cl)c(Cl)c1)S(=O)(=O)c1ccc(Cl)cc1)c1ccc(F)cc1. The third kappa shape index (κ3) is 6.68. The Morgan fingerprint density at radius 3 is 2.21 bits per heavy atom. The molecule has 1 atom stereocenters. The average Bonchev–Trinajstić information content (AvgIpc) is 2.76. The van der Waals surface area contributed by atoms with Gasteiger partial charge in [0.2, 0.25) is 15.9 Å². The second-order valence-corrected chi connectivity index (χ2v) is 10.5. The minimum absolute atomic E-state index is 0.00802. The van der Waals surface area contributed by atoms with E-state index < -0.39 is 28.5 Å². The number of halogens is 4. The molecule has 5 nitrogen and oxygen atoms in total.